The number of benzene rings is 1. The van der Waals surface area contributed by atoms with E-state index in [0.717, 1.165) is 48.8 Å². The average Bonchev–Trinajstić information content (AvgIpc) is 2.71. The van der Waals surface area contributed by atoms with Crippen molar-refractivity contribution in [3.63, 3.8) is 0 Å². The number of aromatic nitrogens is 2. The SMILES string of the molecule is Cc1ccc(CC2CCN(CCn3c(=O)ccc4ccncc43)C(N)C2)cc1F.Cl. The van der Waals surface area contributed by atoms with Gasteiger partial charge in [-0.1, -0.05) is 12.1 Å². The summed E-state index contributed by atoms with van der Waals surface area (Å²) in [5.74, 6) is 0.312. The minimum Gasteiger partial charge on any atom is -0.316 e. The van der Waals surface area contributed by atoms with Crippen LogP contribution in [0.1, 0.15) is 24.0 Å². The van der Waals surface area contributed by atoms with Crippen molar-refractivity contribution in [1.29, 1.82) is 0 Å². The minimum atomic E-state index is -0.140. The molecule has 2 aromatic heterocycles. The van der Waals surface area contributed by atoms with Gasteiger partial charge in [0.05, 0.1) is 17.9 Å². The molecule has 1 aliphatic rings. The summed E-state index contributed by atoms with van der Waals surface area (Å²) in [5.41, 5.74) is 8.99. The first kappa shape index (κ1) is 22.4. The number of nitrogens with zero attached hydrogens (tertiary/aromatic N) is 3. The fourth-order valence-corrected chi connectivity index (χ4v) is 4.27. The van der Waals surface area contributed by atoms with Crippen LogP contribution in [0.2, 0.25) is 0 Å². The van der Waals surface area contributed by atoms with Crippen molar-refractivity contribution >= 4 is 23.3 Å². The molecule has 0 radical (unpaired) electrons. The molecule has 30 heavy (non-hydrogen) atoms. The maximum Gasteiger partial charge on any atom is 0.251 e. The maximum absolute atomic E-state index is 13.8. The number of likely N-dealkylation sites (tertiary alicyclic amines) is 1. The van der Waals surface area contributed by atoms with Crippen LogP contribution in [0.5, 0.6) is 0 Å². The Hall–Kier alpha value is -2.28. The lowest BCUT2D eigenvalue weighted by Crippen LogP contribution is -2.49. The molecule has 7 heteroatoms. The van der Waals surface area contributed by atoms with E-state index >= 15 is 0 Å². The van der Waals surface area contributed by atoms with Crippen molar-refractivity contribution in [1.82, 2.24) is 14.5 Å². The summed E-state index contributed by atoms with van der Waals surface area (Å²) in [6.45, 7) is 3.98. The summed E-state index contributed by atoms with van der Waals surface area (Å²) in [4.78, 5) is 18.8. The van der Waals surface area contributed by atoms with Gasteiger partial charge >= 0.3 is 0 Å². The molecule has 2 unspecified atom stereocenters. The first-order chi connectivity index (χ1) is 14.0. The predicted octanol–water partition coefficient (Wildman–Crippen LogP) is 3.51. The molecule has 1 aromatic carbocycles. The van der Waals surface area contributed by atoms with Crippen LogP contribution in [0.3, 0.4) is 0 Å². The Balaban J connectivity index is 0.00000256. The molecule has 160 valence electrons. The zero-order valence-corrected chi connectivity index (χ0v) is 17.9. The third-order valence-electron chi connectivity index (χ3n) is 6.03. The zero-order chi connectivity index (χ0) is 20.4. The molecule has 5 nitrogen and oxygen atoms in total. The predicted molar refractivity (Wildman–Crippen MR) is 120 cm³/mol. The smallest absolute Gasteiger partial charge is 0.251 e. The highest BCUT2D eigenvalue weighted by molar-refractivity contribution is 5.85. The van der Waals surface area contributed by atoms with Gasteiger partial charge in [-0.2, -0.15) is 0 Å². The number of nitrogens with two attached hydrogens (primary N) is 1. The molecule has 1 fully saturated rings. The number of hydrogen-bond donors (Lipinski definition) is 1. The number of piperidine rings is 1. The van der Waals surface area contributed by atoms with E-state index in [1.807, 2.05) is 24.3 Å². The van der Waals surface area contributed by atoms with Gasteiger partial charge in [0.15, 0.2) is 0 Å². The number of rotatable bonds is 5. The van der Waals surface area contributed by atoms with Crippen LogP contribution >= 0.6 is 12.4 Å². The van der Waals surface area contributed by atoms with Crippen molar-refractivity contribution in [2.75, 3.05) is 13.1 Å². The Morgan fingerprint density at radius 1 is 1.20 bits per heavy atom. The molecule has 3 heterocycles. The van der Waals surface area contributed by atoms with Gasteiger partial charge in [0.2, 0.25) is 0 Å². The molecule has 2 atom stereocenters. The van der Waals surface area contributed by atoms with Crippen LogP contribution in [0, 0.1) is 18.7 Å². The molecule has 0 aliphatic carbocycles. The lowest BCUT2D eigenvalue weighted by molar-refractivity contribution is 0.111. The Kier molecular flexibility index (Phi) is 7.23. The van der Waals surface area contributed by atoms with E-state index < -0.39 is 0 Å². The second-order valence-electron chi connectivity index (χ2n) is 8.04. The lowest BCUT2D eigenvalue weighted by Gasteiger charge is -2.37. The summed E-state index contributed by atoms with van der Waals surface area (Å²) >= 11 is 0. The number of pyridine rings is 2. The Bertz CT molecular complexity index is 1070. The summed E-state index contributed by atoms with van der Waals surface area (Å²) < 4.78 is 15.6. The Morgan fingerprint density at radius 3 is 2.80 bits per heavy atom. The summed E-state index contributed by atoms with van der Waals surface area (Å²) in [5, 5.41) is 1.01. The number of aryl methyl sites for hydroxylation is 1. The quantitative estimate of drug-likeness (QED) is 0.672. The molecule has 0 spiro atoms. The number of hydrogen-bond acceptors (Lipinski definition) is 4. The largest absolute Gasteiger partial charge is 0.316 e. The van der Waals surface area contributed by atoms with Gasteiger partial charge in [-0.05, 0) is 68.0 Å². The fraction of sp³-hybridized carbons (Fsp3) is 0.391. The van der Waals surface area contributed by atoms with Gasteiger partial charge in [-0.3, -0.25) is 14.7 Å². The maximum atomic E-state index is 13.8. The highest BCUT2D eigenvalue weighted by atomic mass is 35.5. The molecule has 4 rings (SSSR count). The van der Waals surface area contributed by atoms with Crippen molar-refractivity contribution in [2.24, 2.45) is 11.7 Å². The van der Waals surface area contributed by atoms with Crippen LogP contribution in [-0.4, -0.2) is 33.7 Å². The third-order valence-corrected chi connectivity index (χ3v) is 6.03. The van der Waals surface area contributed by atoms with Gasteiger partial charge < -0.3 is 10.3 Å². The molecule has 3 aromatic rings. The van der Waals surface area contributed by atoms with Gasteiger partial charge in [0.25, 0.3) is 5.56 Å². The van der Waals surface area contributed by atoms with Gasteiger partial charge in [0.1, 0.15) is 5.82 Å². The fourth-order valence-electron chi connectivity index (χ4n) is 4.27. The molecule has 2 N–H and O–H groups in total. The summed E-state index contributed by atoms with van der Waals surface area (Å²) in [7, 11) is 0. The Labute approximate surface area is 182 Å². The van der Waals surface area contributed by atoms with Crippen LogP contribution < -0.4 is 11.3 Å². The van der Waals surface area contributed by atoms with Gasteiger partial charge in [-0.25, -0.2) is 4.39 Å². The summed E-state index contributed by atoms with van der Waals surface area (Å²) in [6, 6.07) is 10.9. The minimum absolute atomic E-state index is 0. The summed E-state index contributed by atoms with van der Waals surface area (Å²) in [6.07, 6.45) is 6.18. The molecule has 0 bridgehead atoms. The monoisotopic (exact) mass is 430 g/mol. The number of halogens is 2. The number of fused-ring (bicyclic) bond motifs is 1. The highest BCUT2D eigenvalue weighted by Crippen LogP contribution is 2.25. The zero-order valence-electron chi connectivity index (χ0n) is 17.1. The van der Waals surface area contributed by atoms with Crippen molar-refractivity contribution in [3.8, 4) is 0 Å². The van der Waals surface area contributed by atoms with Crippen LogP contribution in [0.4, 0.5) is 4.39 Å². The first-order valence-electron chi connectivity index (χ1n) is 10.2. The standard InChI is InChI=1S/C23H27FN4O.ClH/c1-16-2-3-17(13-20(16)24)12-18-7-9-27(22(25)14-18)10-11-28-21-15-26-8-6-19(21)4-5-23(28)29;/h2-6,8,13,15,18,22H,7,9-12,14,25H2,1H3;1H. The van der Waals surface area contributed by atoms with Crippen LogP contribution in [-0.2, 0) is 13.0 Å². The Morgan fingerprint density at radius 2 is 2.03 bits per heavy atom. The van der Waals surface area contributed by atoms with E-state index in [4.69, 9.17) is 5.73 Å². The third kappa shape index (κ3) is 4.89. The van der Waals surface area contributed by atoms with E-state index in [0.29, 0.717) is 18.0 Å². The molecule has 1 saturated heterocycles. The molecule has 1 aliphatic heterocycles. The normalized spacial score (nSPS) is 19.6. The van der Waals surface area contributed by atoms with Gasteiger partial charge in [0, 0.05) is 30.7 Å². The second-order valence-corrected chi connectivity index (χ2v) is 8.04. The lowest BCUT2D eigenvalue weighted by atomic mass is 9.88. The van der Waals surface area contributed by atoms with E-state index in [9.17, 15) is 9.18 Å². The van der Waals surface area contributed by atoms with Crippen molar-refractivity contribution in [2.45, 2.75) is 38.9 Å². The second kappa shape index (κ2) is 9.69. The average molecular weight is 431 g/mol. The molecular weight excluding hydrogens is 403 g/mol. The van der Waals surface area contributed by atoms with E-state index in [2.05, 4.69) is 9.88 Å². The topological polar surface area (TPSA) is 64.2 Å². The van der Waals surface area contributed by atoms with E-state index in [1.165, 1.54) is 0 Å². The molecule has 0 saturated carbocycles. The van der Waals surface area contributed by atoms with Crippen LogP contribution in [0.15, 0.2) is 53.6 Å². The van der Waals surface area contributed by atoms with Gasteiger partial charge in [-0.15, -0.1) is 12.4 Å². The van der Waals surface area contributed by atoms with Crippen molar-refractivity contribution < 1.29 is 4.39 Å². The van der Waals surface area contributed by atoms with E-state index in [-0.39, 0.29) is 29.9 Å². The van der Waals surface area contributed by atoms with Crippen LogP contribution in [0.25, 0.3) is 10.9 Å². The molecule has 0 amide bonds. The van der Waals surface area contributed by atoms with E-state index in [1.54, 1.807) is 36.0 Å². The van der Waals surface area contributed by atoms with Crippen molar-refractivity contribution in [3.05, 3.63) is 76.1 Å². The molecular formula is C23H28ClFN4O. The first-order valence-corrected chi connectivity index (χ1v) is 10.2. The highest BCUT2D eigenvalue weighted by Gasteiger charge is 2.26.